The van der Waals surface area contributed by atoms with Crippen LogP contribution in [0.2, 0.25) is 0 Å². The first-order valence-corrected chi connectivity index (χ1v) is 7.01. The van der Waals surface area contributed by atoms with Crippen molar-refractivity contribution in [2.45, 2.75) is 6.92 Å². The van der Waals surface area contributed by atoms with Crippen LogP contribution in [0.1, 0.15) is 22.8 Å². The molecule has 118 valence electrons. The van der Waals surface area contributed by atoms with Crippen LogP contribution in [0.15, 0.2) is 54.6 Å². The van der Waals surface area contributed by atoms with Crippen LogP contribution in [0.4, 0.5) is 4.39 Å². The maximum atomic E-state index is 12.8. The molecule has 23 heavy (non-hydrogen) atoms. The molecular weight excluding hydrogens is 299 g/mol. The molecule has 0 N–H and O–H groups in total. The van der Waals surface area contributed by atoms with Gasteiger partial charge in [0.2, 0.25) is 0 Å². The van der Waals surface area contributed by atoms with E-state index < -0.39 is 11.9 Å². The minimum absolute atomic E-state index is 0.295. The van der Waals surface area contributed by atoms with Crippen molar-refractivity contribution in [2.75, 3.05) is 6.61 Å². The Morgan fingerprint density at radius 3 is 2.30 bits per heavy atom. The third-order valence-corrected chi connectivity index (χ3v) is 2.87. The van der Waals surface area contributed by atoms with Gasteiger partial charge in [0.25, 0.3) is 0 Å². The lowest BCUT2D eigenvalue weighted by Gasteiger charge is -2.04. The molecule has 2 rings (SSSR count). The molecule has 5 heteroatoms. The van der Waals surface area contributed by atoms with Gasteiger partial charge in [-0.1, -0.05) is 12.1 Å². The van der Waals surface area contributed by atoms with Gasteiger partial charge in [0.1, 0.15) is 11.6 Å². The first-order chi connectivity index (χ1) is 11.1. The Bertz CT molecular complexity index is 703. The number of carbonyl (C=O) groups is 2. The summed E-state index contributed by atoms with van der Waals surface area (Å²) in [6, 6.07) is 11.8. The highest BCUT2D eigenvalue weighted by Gasteiger charge is 2.07. The van der Waals surface area contributed by atoms with Crippen LogP contribution in [0, 0.1) is 5.82 Å². The minimum atomic E-state index is -0.571. The second-order valence-corrected chi connectivity index (χ2v) is 4.55. The highest BCUT2D eigenvalue weighted by Crippen LogP contribution is 2.14. The average Bonchev–Trinajstić information content (AvgIpc) is 2.55. The highest BCUT2D eigenvalue weighted by atomic mass is 19.1. The third-order valence-electron chi connectivity index (χ3n) is 2.87. The van der Waals surface area contributed by atoms with E-state index in [1.54, 1.807) is 19.1 Å². The molecule has 4 nitrogen and oxygen atoms in total. The van der Waals surface area contributed by atoms with Crippen LogP contribution < -0.4 is 4.74 Å². The molecule has 0 atom stereocenters. The van der Waals surface area contributed by atoms with Crippen molar-refractivity contribution in [1.82, 2.24) is 0 Å². The zero-order valence-electron chi connectivity index (χ0n) is 12.5. The van der Waals surface area contributed by atoms with E-state index in [9.17, 15) is 14.0 Å². The number of rotatable bonds is 5. The summed E-state index contributed by atoms with van der Waals surface area (Å²) in [6.07, 6.45) is 2.77. The van der Waals surface area contributed by atoms with Crippen LogP contribution in [0.25, 0.3) is 6.08 Å². The maximum Gasteiger partial charge on any atom is 0.338 e. The van der Waals surface area contributed by atoms with Gasteiger partial charge >= 0.3 is 11.9 Å². The Labute approximate surface area is 133 Å². The molecule has 2 aromatic rings. The van der Waals surface area contributed by atoms with E-state index in [-0.39, 0.29) is 5.82 Å². The molecule has 0 heterocycles. The number of esters is 2. The van der Waals surface area contributed by atoms with Gasteiger partial charge in [0.15, 0.2) is 0 Å². The standard InChI is InChI=1S/C18H15FO4/c1-2-22-18(21)14-6-10-16(11-7-14)23-17(20)12-5-13-3-8-15(19)9-4-13/h3-12H,2H2,1H3/b12-5+. The SMILES string of the molecule is CCOC(=O)c1ccc(OC(=O)/C=C/c2ccc(F)cc2)cc1. The summed E-state index contributed by atoms with van der Waals surface area (Å²) in [5.74, 6) is -1.03. The molecule has 0 aliphatic carbocycles. The van der Waals surface area contributed by atoms with Crippen LogP contribution in [-0.4, -0.2) is 18.5 Å². The van der Waals surface area contributed by atoms with Crippen LogP contribution in [0.5, 0.6) is 5.75 Å². The van der Waals surface area contributed by atoms with Crippen molar-refractivity contribution in [2.24, 2.45) is 0 Å². The normalized spacial score (nSPS) is 10.5. The van der Waals surface area contributed by atoms with Gasteiger partial charge in [0, 0.05) is 6.08 Å². The lowest BCUT2D eigenvalue weighted by molar-refractivity contribution is -0.128. The predicted octanol–water partition coefficient (Wildman–Crippen LogP) is 3.62. The number of carbonyl (C=O) groups excluding carboxylic acids is 2. The summed E-state index contributed by atoms with van der Waals surface area (Å²) in [4.78, 5) is 23.2. The van der Waals surface area contributed by atoms with E-state index in [1.807, 2.05) is 0 Å². The fraction of sp³-hybridized carbons (Fsp3) is 0.111. The molecule has 0 radical (unpaired) electrons. The van der Waals surface area contributed by atoms with Gasteiger partial charge < -0.3 is 9.47 Å². The van der Waals surface area contributed by atoms with E-state index in [0.717, 1.165) is 0 Å². The molecule has 0 saturated heterocycles. The topological polar surface area (TPSA) is 52.6 Å². The van der Waals surface area contributed by atoms with Crippen LogP contribution in [-0.2, 0) is 9.53 Å². The number of halogens is 1. The Kier molecular flexibility index (Phi) is 5.63. The van der Waals surface area contributed by atoms with Crippen molar-refractivity contribution in [1.29, 1.82) is 0 Å². The summed E-state index contributed by atoms with van der Waals surface area (Å²) < 4.78 is 22.7. The van der Waals surface area contributed by atoms with E-state index >= 15 is 0 Å². The quantitative estimate of drug-likeness (QED) is 0.480. The fourth-order valence-corrected chi connectivity index (χ4v) is 1.76. The lowest BCUT2D eigenvalue weighted by Crippen LogP contribution is -2.06. The van der Waals surface area contributed by atoms with Crippen molar-refractivity contribution in [3.05, 3.63) is 71.6 Å². The molecule has 2 aromatic carbocycles. The van der Waals surface area contributed by atoms with Gasteiger partial charge in [-0.15, -0.1) is 0 Å². The molecule has 0 aliphatic heterocycles. The Morgan fingerprint density at radius 2 is 1.70 bits per heavy atom. The molecular formula is C18H15FO4. The second kappa shape index (κ2) is 7.89. The van der Waals surface area contributed by atoms with Gasteiger partial charge in [-0.25, -0.2) is 14.0 Å². The van der Waals surface area contributed by atoms with Gasteiger partial charge in [-0.05, 0) is 55.0 Å². The molecule has 0 amide bonds. The zero-order valence-corrected chi connectivity index (χ0v) is 12.5. The summed E-state index contributed by atoms with van der Waals surface area (Å²) in [7, 11) is 0. The monoisotopic (exact) mass is 314 g/mol. The Hall–Kier alpha value is -2.95. The molecule has 0 spiro atoms. The Morgan fingerprint density at radius 1 is 1.04 bits per heavy atom. The molecule has 0 bridgehead atoms. The fourth-order valence-electron chi connectivity index (χ4n) is 1.76. The zero-order chi connectivity index (χ0) is 16.7. The highest BCUT2D eigenvalue weighted by molar-refractivity contribution is 5.90. The first-order valence-electron chi connectivity index (χ1n) is 7.01. The minimum Gasteiger partial charge on any atom is -0.462 e. The average molecular weight is 314 g/mol. The van der Waals surface area contributed by atoms with E-state index in [1.165, 1.54) is 48.6 Å². The molecule has 0 saturated carbocycles. The van der Waals surface area contributed by atoms with E-state index in [4.69, 9.17) is 9.47 Å². The molecule has 0 unspecified atom stereocenters. The third kappa shape index (κ3) is 5.07. The second-order valence-electron chi connectivity index (χ2n) is 4.55. The number of hydrogen-bond donors (Lipinski definition) is 0. The van der Waals surface area contributed by atoms with E-state index in [0.29, 0.717) is 23.5 Å². The van der Waals surface area contributed by atoms with Crippen molar-refractivity contribution >= 4 is 18.0 Å². The summed E-state index contributed by atoms with van der Waals surface area (Å²) in [6.45, 7) is 2.02. The molecule has 0 fully saturated rings. The largest absolute Gasteiger partial charge is 0.462 e. The van der Waals surface area contributed by atoms with Crippen LogP contribution in [0.3, 0.4) is 0 Å². The smallest absolute Gasteiger partial charge is 0.338 e. The Balaban J connectivity index is 1.94. The predicted molar refractivity (Wildman–Crippen MR) is 83.5 cm³/mol. The summed E-state index contributed by atoms with van der Waals surface area (Å²) >= 11 is 0. The van der Waals surface area contributed by atoms with Crippen molar-refractivity contribution in [3.63, 3.8) is 0 Å². The van der Waals surface area contributed by atoms with Gasteiger partial charge in [0.05, 0.1) is 12.2 Å². The van der Waals surface area contributed by atoms with E-state index in [2.05, 4.69) is 0 Å². The molecule has 0 aromatic heterocycles. The summed E-state index contributed by atoms with van der Waals surface area (Å²) in [5.41, 5.74) is 1.06. The molecule has 0 aliphatic rings. The first kappa shape index (κ1) is 16.4. The lowest BCUT2D eigenvalue weighted by atomic mass is 10.2. The maximum absolute atomic E-state index is 12.8. The summed E-state index contributed by atoms with van der Waals surface area (Å²) in [5, 5.41) is 0. The van der Waals surface area contributed by atoms with Crippen molar-refractivity contribution < 1.29 is 23.5 Å². The number of hydrogen-bond acceptors (Lipinski definition) is 4. The van der Waals surface area contributed by atoms with Gasteiger partial charge in [-0.2, -0.15) is 0 Å². The van der Waals surface area contributed by atoms with Gasteiger partial charge in [-0.3, -0.25) is 0 Å². The number of benzene rings is 2. The number of ether oxygens (including phenoxy) is 2. The van der Waals surface area contributed by atoms with Crippen molar-refractivity contribution in [3.8, 4) is 5.75 Å². The van der Waals surface area contributed by atoms with Crippen LogP contribution >= 0.6 is 0 Å².